The molecule has 4 heteroatoms. The number of nitrogens with one attached hydrogen (secondary N) is 1. The average molecular weight is 375 g/mol. The van der Waals surface area contributed by atoms with Crippen LogP contribution in [0.15, 0.2) is 78.9 Å². The summed E-state index contributed by atoms with van der Waals surface area (Å²) < 4.78 is 11.5. The van der Waals surface area contributed by atoms with Crippen molar-refractivity contribution in [3.05, 3.63) is 90.0 Å². The summed E-state index contributed by atoms with van der Waals surface area (Å²) in [5.74, 6) is 1.22. The van der Waals surface area contributed by atoms with Crippen LogP contribution in [-0.4, -0.2) is 18.6 Å². The number of carbonyl (C=O) groups is 1. The zero-order chi connectivity index (χ0) is 19.8. The normalized spacial score (nSPS) is 10.5. The molecule has 3 aromatic carbocycles. The Morgan fingerprint density at radius 3 is 2.43 bits per heavy atom. The predicted octanol–water partition coefficient (Wildman–Crippen LogP) is 5.35. The Labute approximate surface area is 166 Å². The van der Waals surface area contributed by atoms with Gasteiger partial charge < -0.3 is 14.8 Å². The summed E-state index contributed by atoms with van der Waals surface area (Å²) in [6.45, 7) is 4.49. The first-order valence-corrected chi connectivity index (χ1v) is 9.45. The van der Waals surface area contributed by atoms with Crippen molar-refractivity contribution in [3.8, 4) is 11.5 Å². The van der Waals surface area contributed by atoms with Crippen molar-refractivity contribution in [2.75, 3.05) is 11.9 Å². The summed E-state index contributed by atoms with van der Waals surface area (Å²) in [6.07, 6.45) is 0.892. The molecule has 0 saturated heterocycles. The summed E-state index contributed by atoms with van der Waals surface area (Å²) in [5.41, 5.74) is 2.47. The molecule has 0 saturated carbocycles. The molecule has 0 bridgehead atoms. The third-order valence-electron chi connectivity index (χ3n) is 4.06. The van der Waals surface area contributed by atoms with Gasteiger partial charge in [0.2, 0.25) is 0 Å². The maximum Gasteiger partial charge on any atom is 0.255 e. The molecule has 0 heterocycles. The third kappa shape index (κ3) is 5.88. The van der Waals surface area contributed by atoms with Crippen LogP contribution in [0.3, 0.4) is 0 Å². The Morgan fingerprint density at radius 2 is 1.64 bits per heavy atom. The first-order chi connectivity index (χ1) is 13.6. The van der Waals surface area contributed by atoms with Crippen molar-refractivity contribution in [1.82, 2.24) is 0 Å². The van der Waals surface area contributed by atoms with Crippen LogP contribution in [0.1, 0.15) is 29.8 Å². The molecule has 0 radical (unpaired) electrons. The Balaban J connectivity index is 1.58. The second-order valence-corrected chi connectivity index (χ2v) is 6.76. The van der Waals surface area contributed by atoms with E-state index in [1.54, 1.807) is 12.1 Å². The first-order valence-electron chi connectivity index (χ1n) is 9.45. The fourth-order valence-electron chi connectivity index (χ4n) is 2.78. The summed E-state index contributed by atoms with van der Waals surface area (Å²) in [4.78, 5) is 12.6. The monoisotopic (exact) mass is 375 g/mol. The second kappa shape index (κ2) is 9.60. The van der Waals surface area contributed by atoms with Crippen molar-refractivity contribution in [3.63, 3.8) is 0 Å². The molecule has 0 aliphatic carbocycles. The lowest BCUT2D eigenvalue weighted by Gasteiger charge is -2.12. The van der Waals surface area contributed by atoms with Gasteiger partial charge in [-0.25, -0.2) is 0 Å². The lowest BCUT2D eigenvalue weighted by atomic mass is 10.2. The SMILES string of the molecule is CC(C)Oc1cccc(C(=O)Nc2cccc(OCCc3ccccc3)c2)c1. The smallest absolute Gasteiger partial charge is 0.255 e. The van der Waals surface area contributed by atoms with E-state index in [1.165, 1.54) is 5.56 Å². The van der Waals surface area contributed by atoms with Gasteiger partial charge in [-0.05, 0) is 49.7 Å². The zero-order valence-electron chi connectivity index (χ0n) is 16.2. The van der Waals surface area contributed by atoms with Gasteiger partial charge >= 0.3 is 0 Å². The summed E-state index contributed by atoms with van der Waals surface area (Å²) in [5, 5.41) is 2.91. The topological polar surface area (TPSA) is 47.6 Å². The van der Waals surface area contributed by atoms with Crippen molar-refractivity contribution in [2.45, 2.75) is 26.4 Å². The number of ether oxygens (including phenoxy) is 2. The maximum absolute atomic E-state index is 12.6. The van der Waals surface area contributed by atoms with Gasteiger partial charge in [0.05, 0.1) is 12.7 Å². The molecule has 0 aliphatic rings. The van der Waals surface area contributed by atoms with Crippen LogP contribution in [0.2, 0.25) is 0 Å². The van der Waals surface area contributed by atoms with E-state index in [0.717, 1.165) is 12.2 Å². The quantitative estimate of drug-likeness (QED) is 0.577. The molecular formula is C24H25NO3. The third-order valence-corrected chi connectivity index (χ3v) is 4.06. The lowest BCUT2D eigenvalue weighted by Crippen LogP contribution is -2.13. The standard InChI is InChI=1S/C24H25NO3/c1-18(2)28-23-13-6-10-20(16-23)24(26)25-21-11-7-12-22(17-21)27-15-14-19-8-4-3-5-9-19/h3-13,16-18H,14-15H2,1-2H3,(H,25,26). The number of carbonyl (C=O) groups excluding carboxylic acids is 1. The largest absolute Gasteiger partial charge is 0.493 e. The molecule has 1 amide bonds. The number of benzene rings is 3. The van der Waals surface area contributed by atoms with E-state index in [1.807, 2.05) is 68.4 Å². The Bertz CT molecular complexity index is 906. The van der Waals surface area contributed by atoms with E-state index in [2.05, 4.69) is 17.4 Å². The van der Waals surface area contributed by atoms with Gasteiger partial charge in [-0.15, -0.1) is 0 Å². The highest BCUT2D eigenvalue weighted by atomic mass is 16.5. The maximum atomic E-state index is 12.6. The zero-order valence-corrected chi connectivity index (χ0v) is 16.2. The molecule has 0 aliphatic heterocycles. The molecule has 3 aromatic rings. The van der Waals surface area contributed by atoms with Crippen LogP contribution < -0.4 is 14.8 Å². The van der Waals surface area contributed by atoms with Crippen molar-refractivity contribution >= 4 is 11.6 Å². The van der Waals surface area contributed by atoms with Gasteiger partial charge in [0.15, 0.2) is 0 Å². The highest BCUT2D eigenvalue weighted by Crippen LogP contribution is 2.20. The van der Waals surface area contributed by atoms with Gasteiger partial charge in [-0.2, -0.15) is 0 Å². The fourth-order valence-corrected chi connectivity index (χ4v) is 2.78. The van der Waals surface area contributed by atoms with Crippen LogP contribution in [-0.2, 0) is 6.42 Å². The van der Waals surface area contributed by atoms with Gasteiger partial charge in [0, 0.05) is 23.7 Å². The number of anilines is 1. The van der Waals surface area contributed by atoms with Crippen molar-refractivity contribution < 1.29 is 14.3 Å². The van der Waals surface area contributed by atoms with E-state index >= 15 is 0 Å². The molecule has 4 nitrogen and oxygen atoms in total. The molecule has 0 fully saturated rings. The van der Waals surface area contributed by atoms with E-state index < -0.39 is 0 Å². The summed E-state index contributed by atoms with van der Waals surface area (Å²) in [6, 6.07) is 24.8. The minimum atomic E-state index is -0.185. The van der Waals surface area contributed by atoms with Gasteiger partial charge in [0.1, 0.15) is 11.5 Å². The molecule has 0 unspecified atom stereocenters. The molecular weight excluding hydrogens is 350 g/mol. The van der Waals surface area contributed by atoms with Crippen LogP contribution in [0.5, 0.6) is 11.5 Å². The Kier molecular flexibility index (Phi) is 6.68. The molecule has 1 N–H and O–H groups in total. The van der Waals surface area contributed by atoms with Crippen LogP contribution in [0.25, 0.3) is 0 Å². The van der Waals surface area contributed by atoms with E-state index in [-0.39, 0.29) is 12.0 Å². The fraction of sp³-hybridized carbons (Fsp3) is 0.208. The Hall–Kier alpha value is -3.27. The summed E-state index contributed by atoms with van der Waals surface area (Å²) >= 11 is 0. The molecule has 0 aromatic heterocycles. The van der Waals surface area contributed by atoms with Gasteiger partial charge in [-0.3, -0.25) is 4.79 Å². The first kappa shape index (κ1) is 19.5. The van der Waals surface area contributed by atoms with Crippen molar-refractivity contribution in [2.24, 2.45) is 0 Å². The van der Waals surface area contributed by atoms with Crippen LogP contribution >= 0.6 is 0 Å². The molecule has 3 rings (SSSR count). The molecule has 0 spiro atoms. The number of hydrogen-bond donors (Lipinski definition) is 1. The highest BCUT2D eigenvalue weighted by molar-refractivity contribution is 6.04. The van der Waals surface area contributed by atoms with E-state index in [9.17, 15) is 4.79 Å². The highest BCUT2D eigenvalue weighted by Gasteiger charge is 2.09. The minimum absolute atomic E-state index is 0.0584. The lowest BCUT2D eigenvalue weighted by molar-refractivity contribution is 0.102. The van der Waals surface area contributed by atoms with Crippen LogP contribution in [0, 0.1) is 0 Å². The average Bonchev–Trinajstić information content (AvgIpc) is 2.69. The number of hydrogen-bond acceptors (Lipinski definition) is 3. The molecule has 144 valence electrons. The van der Waals surface area contributed by atoms with Crippen molar-refractivity contribution in [1.29, 1.82) is 0 Å². The predicted molar refractivity (Wildman–Crippen MR) is 112 cm³/mol. The van der Waals surface area contributed by atoms with Crippen LogP contribution in [0.4, 0.5) is 5.69 Å². The minimum Gasteiger partial charge on any atom is -0.493 e. The van der Waals surface area contributed by atoms with E-state index in [4.69, 9.17) is 9.47 Å². The van der Waals surface area contributed by atoms with Gasteiger partial charge in [-0.1, -0.05) is 42.5 Å². The number of amides is 1. The van der Waals surface area contributed by atoms with Gasteiger partial charge in [0.25, 0.3) is 5.91 Å². The summed E-state index contributed by atoms with van der Waals surface area (Å²) in [7, 11) is 0. The number of rotatable bonds is 8. The molecule has 28 heavy (non-hydrogen) atoms. The van der Waals surface area contributed by atoms with E-state index in [0.29, 0.717) is 23.6 Å². The molecule has 0 atom stereocenters. The Morgan fingerprint density at radius 1 is 0.893 bits per heavy atom. The second-order valence-electron chi connectivity index (χ2n) is 6.76.